The third-order valence-electron chi connectivity index (χ3n) is 3.44. The van der Waals surface area contributed by atoms with Crippen LogP contribution in [0.2, 0.25) is 0 Å². The first kappa shape index (κ1) is 7.29. The molecule has 0 spiro atoms. The SMILES string of the molecule is CC12CCC(=O)C1C(O)CC2. The van der Waals surface area contributed by atoms with Gasteiger partial charge in [0.2, 0.25) is 0 Å². The maximum atomic E-state index is 11.3. The summed E-state index contributed by atoms with van der Waals surface area (Å²) in [4.78, 5) is 11.3. The molecule has 2 saturated carbocycles. The molecule has 1 N–H and O–H groups in total. The Labute approximate surface area is 66.6 Å². The molecular weight excluding hydrogens is 140 g/mol. The average Bonchev–Trinajstić information content (AvgIpc) is 2.38. The van der Waals surface area contributed by atoms with E-state index in [1.54, 1.807) is 0 Å². The van der Waals surface area contributed by atoms with Crippen LogP contribution in [0, 0.1) is 11.3 Å². The molecule has 0 radical (unpaired) electrons. The van der Waals surface area contributed by atoms with Crippen LogP contribution in [0.25, 0.3) is 0 Å². The van der Waals surface area contributed by atoms with Gasteiger partial charge < -0.3 is 5.11 Å². The molecule has 2 rings (SSSR count). The van der Waals surface area contributed by atoms with Gasteiger partial charge in [-0.1, -0.05) is 6.92 Å². The highest BCUT2D eigenvalue weighted by molar-refractivity contribution is 5.85. The molecule has 0 aliphatic heterocycles. The lowest BCUT2D eigenvalue weighted by Gasteiger charge is -2.22. The summed E-state index contributed by atoms with van der Waals surface area (Å²) in [6, 6.07) is 0. The molecule has 62 valence electrons. The summed E-state index contributed by atoms with van der Waals surface area (Å²) in [6.07, 6.45) is 3.21. The molecule has 0 aromatic heterocycles. The van der Waals surface area contributed by atoms with Crippen molar-refractivity contribution in [2.75, 3.05) is 0 Å². The second-order valence-electron chi connectivity index (χ2n) is 4.20. The molecule has 2 fully saturated rings. The van der Waals surface area contributed by atoms with Gasteiger partial charge in [-0.05, 0) is 24.7 Å². The second kappa shape index (κ2) is 2.07. The van der Waals surface area contributed by atoms with Crippen molar-refractivity contribution in [2.45, 2.75) is 38.7 Å². The number of aliphatic hydroxyl groups excluding tert-OH is 1. The summed E-state index contributed by atoms with van der Waals surface area (Å²) < 4.78 is 0. The number of Topliss-reactive ketones (excluding diaryl/α,β-unsaturated/α-hetero) is 1. The molecule has 2 nitrogen and oxygen atoms in total. The van der Waals surface area contributed by atoms with Gasteiger partial charge in [0.1, 0.15) is 5.78 Å². The van der Waals surface area contributed by atoms with Crippen LogP contribution in [0.4, 0.5) is 0 Å². The van der Waals surface area contributed by atoms with E-state index in [4.69, 9.17) is 0 Å². The van der Waals surface area contributed by atoms with E-state index in [-0.39, 0.29) is 23.2 Å². The molecule has 0 aromatic carbocycles. The van der Waals surface area contributed by atoms with E-state index in [0.29, 0.717) is 6.42 Å². The van der Waals surface area contributed by atoms with Crippen LogP contribution in [0.3, 0.4) is 0 Å². The van der Waals surface area contributed by atoms with Crippen molar-refractivity contribution in [3.05, 3.63) is 0 Å². The number of hydrogen-bond donors (Lipinski definition) is 1. The first-order valence-electron chi connectivity index (χ1n) is 4.34. The monoisotopic (exact) mass is 154 g/mol. The van der Waals surface area contributed by atoms with E-state index in [9.17, 15) is 9.90 Å². The Kier molecular flexibility index (Phi) is 1.37. The lowest BCUT2D eigenvalue weighted by Crippen LogP contribution is -2.27. The zero-order chi connectivity index (χ0) is 8.06. The lowest BCUT2D eigenvalue weighted by molar-refractivity contribution is -0.124. The predicted molar refractivity (Wildman–Crippen MR) is 41.1 cm³/mol. The molecule has 2 aliphatic rings. The largest absolute Gasteiger partial charge is 0.392 e. The topological polar surface area (TPSA) is 37.3 Å². The van der Waals surface area contributed by atoms with Gasteiger partial charge in [-0.3, -0.25) is 4.79 Å². The molecule has 0 bridgehead atoms. The normalized spacial score (nSPS) is 49.8. The molecule has 0 saturated heterocycles. The zero-order valence-corrected chi connectivity index (χ0v) is 6.84. The van der Waals surface area contributed by atoms with E-state index in [1.165, 1.54) is 0 Å². The van der Waals surface area contributed by atoms with Crippen LogP contribution in [-0.4, -0.2) is 17.0 Å². The first-order valence-corrected chi connectivity index (χ1v) is 4.34. The second-order valence-corrected chi connectivity index (χ2v) is 4.20. The van der Waals surface area contributed by atoms with Gasteiger partial charge in [-0.25, -0.2) is 0 Å². The van der Waals surface area contributed by atoms with Crippen molar-refractivity contribution in [1.29, 1.82) is 0 Å². The Morgan fingerprint density at radius 3 is 2.91 bits per heavy atom. The van der Waals surface area contributed by atoms with Crippen LogP contribution in [0.15, 0.2) is 0 Å². The van der Waals surface area contributed by atoms with Gasteiger partial charge in [0.15, 0.2) is 0 Å². The third-order valence-corrected chi connectivity index (χ3v) is 3.44. The molecule has 11 heavy (non-hydrogen) atoms. The molecule has 0 amide bonds. The van der Waals surface area contributed by atoms with Gasteiger partial charge in [0.05, 0.1) is 6.10 Å². The van der Waals surface area contributed by atoms with Crippen molar-refractivity contribution < 1.29 is 9.90 Å². The van der Waals surface area contributed by atoms with Crippen LogP contribution < -0.4 is 0 Å². The summed E-state index contributed by atoms with van der Waals surface area (Å²) >= 11 is 0. The number of hydrogen-bond acceptors (Lipinski definition) is 2. The Bertz CT molecular complexity index is 200. The van der Waals surface area contributed by atoms with Crippen molar-refractivity contribution >= 4 is 5.78 Å². The number of rotatable bonds is 0. The van der Waals surface area contributed by atoms with Gasteiger partial charge in [-0.15, -0.1) is 0 Å². The van der Waals surface area contributed by atoms with Crippen LogP contribution in [-0.2, 0) is 4.79 Å². The summed E-state index contributed by atoms with van der Waals surface area (Å²) in [5, 5.41) is 9.51. The standard InChI is InChI=1S/C9H14O2/c1-9-4-2-6(10)8(9)7(11)3-5-9/h6,8,10H,2-5H2,1H3. The fraction of sp³-hybridized carbons (Fsp3) is 0.889. The summed E-state index contributed by atoms with van der Waals surface area (Å²) in [5.41, 5.74) is 0.149. The fourth-order valence-corrected chi connectivity index (χ4v) is 2.71. The van der Waals surface area contributed by atoms with E-state index in [1.807, 2.05) is 0 Å². The molecular formula is C9H14O2. The average molecular weight is 154 g/mol. The first-order chi connectivity index (χ1) is 5.13. The number of aliphatic hydroxyl groups is 1. The summed E-state index contributed by atoms with van der Waals surface area (Å²) in [5.74, 6) is 0.264. The number of carbonyl (C=O) groups is 1. The van der Waals surface area contributed by atoms with E-state index < -0.39 is 0 Å². The molecule has 3 atom stereocenters. The van der Waals surface area contributed by atoms with Gasteiger partial charge in [0, 0.05) is 12.3 Å². The summed E-state index contributed by atoms with van der Waals surface area (Å²) in [6.45, 7) is 2.14. The van der Waals surface area contributed by atoms with Crippen LogP contribution >= 0.6 is 0 Å². The smallest absolute Gasteiger partial charge is 0.139 e. The Hall–Kier alpha value is -0.370. The molecule has 2 heteroatoms. The van der Waals surface area contributed by atoms with E-state index >= 15 is 0 Å². The summed E-state index contributed by atoms with van der Waals surface area (Å²) in [7, 11) is 0. The highest BCUT2D eigenvalue weighted by Gasteiger charge is 2.52. The molecule has 0 heterocycles. The number of ketones is 1. The Balaban J connectivity index is 2.30. The molecule has 0 aromatic rings. The van der Waals surface area contributed by atoms with Crippen molar-refractivity contribution in [3.8, 4) is 0 Å². The maximum absolute atomic E-state index is 11.3. The quantitative estimate of drug-likeness (QED) is 0.568. The van der Waals surface area contributed by atoms with Crippen LogP contribution in [0.5, 0.6) is 0 Å². The Morgan fingerprint density at radius 2 is 2.27 bits per heavy atom. The van der Waals surface area contributed by atoms with Crippen molar-refractivity contribution in [3.63, 3.8) is 0 Å². The minimum atomic E-state index is -0.338. The number of carbonyl (C=O) groups excluding carboxylic acids is 1. The number of fused-ring (bicyclic) bond motifs is 1. The van der Waals surface area contributed by atoms with Gasteiger partial charge >= 0.3 is 0 Å². The fourth-order valence-electron chi connectivity index (χ4n) is 2.71. The predicted octanol–water partition coefficient (Wildman–Crippen LogP) is 1.13. The van der Waals surface area contributed by atoms with Gasteiger partial charge in [0.25, 0.3) is 0 Å². The van der Waals surface area contributed by atoms with E-state index in [2.05, 4.69) is 6.92 Å². The van der Waals surface area contributed by atoms with Gasteiger partial charge in [-0.2, -0.15) is 0 Å². The van der Waals surface area contributed by atoms with Crippen molar-refractivity contribution in [1.82, 2.24) is 0 Å². The minimum absolute atomic E-state index is 0.0255. The van der Waals surface area contributed by atoms with Crippen LogP contribution in [0.1, 0.15) is 32.6 Å². The van der Waals surface area contributed by atoms with E-state index in [0.717, 1.165) is 19.3 Å². The maximum Gasteiger partial charge on any atom is 0.139 e. The third kappa shape index (κ3) is 0.853. The molecule has 2 aliphatic carbocycles. The minimum Gasteiger partial charge on any atom is -0.392 e. The lowest BCUT2D eigenvalue weighted by atomic mass is 9.82. The van der Waals surface area contributed by atoms with Crippen molar-refractivity contribution in [2.24, 2.45) is 11.3 Å². The Morgan fingerprint density at radius 1 is 1.55 bits per heavy atom. The zero-order valence-electron chi connectivity index (χ0n) is 6.84. The highest BCUT2D eigenvalue weighted by Crippen LogP contribution is 2.51. The molecule has 3 unspecified atom stereocenters. The highest BCUT2D eigenvalue weighted by atomic mass is 16.3.